The first-order valence-corrected chi connectivity index (χ1v) is 8.39. The molecule has 0 aliphatic heterocycles. The van der Waals surface area contributed by atoms with E-state index in [1.54, 1.807) is 6.07 Å². The Morgan fingerprint density at radius 3 is 2.71 bits per heavy atom. The Kier molecular flexibility index (Phi) is 4.03. The van der Waals surface area contributed by atoms with Gasteiger partial charge in [0.1, 0.15) is 5.82 Å². The molecular weight excluding hydrogens is 419 g/mol. The van der Waals surface area contributed by atoms with Gasteiger partial charge in [-0.3, -0.25) is 4.57 Å². The van der Waals surface area contributed by atoms with Crippen LogP contribution in [0.2, 0.25) is 0 Å². The van der Waals surface area contributed by atoms with Gasteiger partial charge in [0, 0.05) is 10.5 Å². The summed E-state index contributed by atoms with van der Waals surface area (Å²) in [6, 6.07) is 9.28. The van der Waals surface area contributed by atoms with Crippen molar-refractivity contribution in [2.24, 2.45) is 0 Å². The molecule has 1 aromatic heterocycles. The van der Waals surface area contributed by atoms with Crippen molar-refractivity contribution in [1.82, 2.24) is 9.55 Å². The molecule has 0 saturated carbocycles. The average molecular weight is 430 g/mol. The van der Waals surface area contributed by atoms with Gasteiger partial charge in [0.05, 0.1) is 21.2 Å². The van der Waals surface area contributed by atoms with Gasteiger partial charge in [-0.15, -0.1) is 0 Å². The first-order chi connectivity index (χ1) is 10.0. The normalized spacial score (nSPS) is 11.2. The van der Waals surface area contributed by atoms with Gasteiger partial charge in [-0.1, -0.05) is 22.9 Å². The molecular formula is C15H11Br2FN2S. The average Bonchev–Trinajstić information content (AvgIpc) is 2.75. The summed E-state index contributed by atoms with van der Waals surface area (Å²) in [4.78, 5) is 3.06. The summed E-state index contributed by atoms with van der Waals surface area (Å²) in [7, 11) is 0. The molecule has 0 bridgehead atoms. The van der Waals surface area contributed by atoms with Crippen LogP contribution in [-0.4, -0.2) is 9.55 Å². The molecule has 1 N–H and O–H groups in total. The summed E-state index contributed by atoms with van der Waals surface area (Å²) in [6.45, 7) is 2.10. The lowest BCUT2D eigenvalue weighted by atomic mass is 10.1. The van der Waals surface area contributed by atoms with Gasteiger partial charge in [-0.05, 0) is 64.4 Å². The number of benzene rings is 2. The number of hydrogen-bond acceptors (Lipinski definition) is 1. The lowest BCUT2D eigenvalue weighted by Gasteiger charge is -2.11. The minimum absolute atomic E-state index is 0.308. The molecule has 0 radical (unpaired) electrons. The van der Waals surface area contributed by atoms with Crippen LogP contribution in [0, 0.1) is 10.6 Å². The molecule has 0 saturated heterocycles. The fourth-order valence-electron chi connectivity index (χ4n) is 2.40. The number of nitrogens with zero attached hydrogens (tertiary/aromatic N) is 1. The monoisotopic (exact) mass is 428 g/mol. The number of nitrogens with one attached hydrogen (secondary N) is 1. The molecule has 1 heterocycles. The molecule has 0 amide bonds. The van der Waals surface area contributed by atoms with Crippen molar-refractivity contribution in [3.05, 3.63) is 55.4 Å². The van der Waals surface area contributed by atoms with Gasteiger partial charge in [-0.25, -0.2) is 4.39 Å². The van der Waals surface area contributed by atoms with Gasteiger partial charge >= 0.3 is 0 Å². The van der Waals surface area contributed by atoms with Crippen LogP contribution in [0.3, 0.4) is 0 Å². The van der Waals surface area contributed by atoms with Crippen molar-refractivity contribution in [3.63, 3.8) is 0 Å². The fourth-order valence-corrected chi connectivity index (χ4v) is 3.44. The van der Waals surface area contributed by atoms with E-state index in [1.807, 2.05) is 16.7 Å². The minimum atomic E-state index is -0.308. The number of imidazole rings is 1. The number of hydrogen-bond donors (Lipinski definition) is 1. The first kappa shape index (κ1) is 14.9. The van der Waals surface area contributed by atoms with Crippen LogP contribution >= 0.6 is 44.1 Å². The Hall–Kier alpha value is -0.980. The zero-order valence-corrected chi connectivity index (χ0v) is 15.1. The molecule has 0 atom stereocenters. The predicted molar refractivity (Wildman–Crippen MR) is 93.2 cm³/mol. The molecule has 21 heavy (non-hydrogen) atoms. The van der Waals surface area contributed by atoms with Crippen molar-refractivity contribution >= 4 is 55.1 Å². The van der Waals surface area contributed by atoms with Gasteiger partial charge < -0.3 is 4.98 Å². The highest BCUT2D eigenvalue weighted by atomic mass is 79.9. The van der Waals surface area contributed by atoms with Crippen molar-refractivity contribution in [2.45, 2.75) is 13.3 Å². The molecule has 2 nitrogen and oxygen atoms in total. The molecule has 6 heteroatoms. The van der Waals surface area contributed by atoms with Crippen LogP contribution in [-0.2, 0) is 6.42 Å². The highest BCUT2D eigenvalue weighted by Gasteiger charge is 2.12. The van der Waals surface area contributed by atoms with Crippen LogP contribution in [0.15, 0.2) is 39.3 Å². The maximum atomic E-state index is 13.7. The topological polar surface area (TPSA) is 20.7 Å². The maximum Gasteiger partial charge on any atom is 0.182 e. The molecule has 2 aromatic carbocycles. The molecule has 0 aliphatic carbocycles. The molecule has 0 spiro atoms. The van der Waals surface area contributed by atoms with E-state index < -0.39 is 0 Å². The van der Waals surface area contributed by atoms with Gasteiger partial charge in [0.25, 0.3) is 0 Å². The molecule has 0 fully saturated rings. The Balaban J connectivity index is 2.38. The van der Waals surface area contributed by atoms with E-state index >= 15 is 0 Å². The van der Waals surface area contributed by atoms with Crippen molar-refractivity contribution in [2.75, 3.05) is 0 Å². The number of aromatic nitrogens is 2. The zero-order chi connectivity index (χ0) is 15.1. The Labute approximate surface area is 143 Å². The number of aromatic amines is 1. The largest absolute Gasteiger partial charge is 0.330 e. The lowest BCUT2D eigenvalue weighted by Crippen LogP contribution is -1.99. The number of H-pyrrole nitrogens is 1. The summed E-state index contributed by atoms with van der Waals surface area (Å²) in [5.41, 5.74) is 3.72. The second kappa shape index (κ2) is 5.66. The van der Waals surface area contributed by atoms with E-state index in [0.717, 1.165) is 22.1 Å². The standard InChI is InChI=1S/C15H11Br2FN2S/c1-2-8-5-9(16)3-4-13(8)20-14-6-10(17)11(18)7-12(14)19-15(20)21/h3-7H,2H2,1H3,(H,19,21). The SMILES string of the molecule is CCc1cc(Br)ccc1-n1c(=S)[nH]c2cc(F)c(Br)cc21. The quantitative estimate of drug-likeness (QED) is 0.501. The summed E-state index contributed by atoms with van der Waals surface area (Å²) in [5.74, 6) is -0.308. The van der Waals surface area contributed by atoms with E-state index in [9.17, 15) is 4.39 Å². The second-order valence-electron chi connectivity index (χ2n) is 4.68. The molecule has 3 rings (SSSR count). The van der Waals surface area contributed by atoms with Crippen LogP contribution in [0.4, 0.5) is 4.39 Å². The van der Waals surface area contributed by atoms with E-state index in [-0.39, 0.29) is 5.82 Å². The maximum absolute atomic E-state index is 13.7. The molecule has 0 unspecified atom stereocenters. The fraction of sp³-hybridized carbons (Fsp3) is 0.133. The number of halogens is 3. The van der Waals surface area contributed by atoms with Gasteiger partial charge in [-0.2, -0.15) is 0 Å². The minimum Gasteiger partial charge on any atom is -0.330 e. The van der Waals surface area contributed by atoms with Crippen LogP contribution in [0.25, 0.3) is 16.7 Å². The van der Waals surface area contributed by atoms with Gasteiger partial charge in [0.2, 0.25) is 0 Å². The highest BCUT2D eigenvalue weighted by molar-refractivity contribution is 9.10. The van der Waals surface area contributed by atoms with Crippen LogP contribution in [0.1, 0.15) is 12.5 Å². The van der Waals surface area contributed by atoms with E-state index in [2.05, 4.69) is 49.8 Å². The number of rotatable bonds is 2. The van der Waals surface area contributed by atoms with E-state index in [0.29, 0.717) is 14.8 Å². The first-order valence-electron chi connectivity index (χ1n) is 6.40. The predicted octanol–water partition coefficient (Wildman–Crippen LogP) is 5.91. The summed E-state index contributed by atoms with van der Waals surface area (Å²) in [5, 5.41) is 0. The Morgan fingerprint density at radius 2 is 2.00 bits per heavy atom. The lowest BCUT2D eigenvalue weighted by molar-refractivity contribution is 0.623. The van der Waals surface area contributed by atoms with Crippen molar-refractivity contribution < 1.29 is 4.39 Å². The van der Waals surface area contributed by atoms with Crippen molar-refractivity contribution in [1.29, 1.82) is 0 Å². The number of fused-ring (bicyclic) bond motifs is 1. The summed E-state index contributed by atoms with van der Waals surface area (Å²) >= 11 is 12.1. The van der Waals surface area contributed by atoms with Crippen molar-refractivity contribution in [3.8, 4) is 5.69 Å². The molecule has 3 aromatic rings. The third-order valence-corrected chi connectivity index (χ3v) is 4.77. The summed E-state index contributed by atoms with van der Waals surface area (Å²) in [6.07, 6.45) is 0.881. The Bertz CT molecular complexity index is 899. The third kappa shape index (κ3) is 2.60. The smallest absolute Gasteiger partial charge is 0.182 e. The highest BCUT2D eigenvalue weighted by Crippen LogP contribution is 2.28. The van der Waals surface area contributed by atoms with Crippen LogP contribution in [0.5, 0.6) is 0 Å². The van der Waals surface area contributed by atoms with E-state index in [1.165, 1.54) is 11.6 Å². The molecule has 108 valence electrons. The van der Waals surface area contributed by atoms with Crippen LogP contribution < -0.4 is 0 Å². The van der Waals surface area contributed by atoms with Gasteiger partial charge in [0.15, 0.2) is 4.77 Å². The zero-order valence-electron chi connectivity index (χ0n) is 11.1. The number of aryl methyl sites for hydroxylation is 1. The summed E-state index contributed by atoms with van der Waals surface area (Å²) < 4.78 is 17.6. The third-order valence-electron chi connectivity index (χ3n) is 3.39. The van der Waals surface area contributed by atoms with E-state index in [4.69, 9.17) is 12.2 Å². The Morgan fingerprint density at radius 1 is 1.24 bits per heavy atom. The second-order valence-corrected chi connectivity index (χ2v) is 6.83. The molecule has 0 aliphatic rings.